The molecule has 132 valence electrons. The molecule has 4 rings (SSSR count). The summed E-state index contributed by atoms with van der Waals surface area (Å²) < 4.78 is 0. The predicted molar refractivity (Wildman–Crippen MR) is 104 cm³/mol. The molecule has 0 aliphatic rings. The smallest absolute Gasteiger partial charge is 0.298 e. The molecule has 0 spiro atoms. The van der Waals surface area contributed by atoms with Crippen LogP contribution in [0.2, 0.25) is 0 Å². The van der Waals surface area contributed by atoms with Crippen LogP contribution in [0.3, 0.4) is 0 Å². The summed E-state index contributed by atoms with van der Waals surface area (Å²) in [4.78, 5) is 31.6. The summed E-state index contributed by atoms with van der Waals surface area (Å²) in [6.07, 6.45) is 1.13. The van der Waals surface area contributed by atoms with Crippen molar-refractivity contribution in [3.05, 3.63) is 82.5 Å². The molecule has 2 heterocycles. The second-order valence-corrected chi connectivity index (χ2v) is 6.66. The van der Waals surface area contributed by atoms with Crippen molar-refractivity contribution in [3.8, 4) is 11.3 Å². The van der Waals surface area contributed by atoms with Gasteiger partial charge in [0, 0.05) is 10.9 Å². The minimum Gasteiger partial charge on any atom is -0.298 e. The van der Waals surface area contributed by atoms with Gasteiger partial charge in [-0.1, -0.05) is 48.5 Å². The maximum absolute atomic E-state index is 12.8. The minimum absolute atomic E-state index is 0.130. The molecule has 0 radical (unpaired) electrons. The molecule has 1 amide bonds. The maximum atomic E-state index is 12.8. The fourth-order valence-corrected chi connectivity index (χ4v) is 3.32. The number of amides is 1. The highest BCUT2D eigenvalue weighted by Gasteiger charge is 2.17. The Hall–Kier alpha value is -3.65. The van der Waals surface area contributed by atoms with Gasteiger partial charge < -0.3 is 0 Å². The number of carbonyl (C=O) groups excluding carboxylic acids is 1. The van der Waals surface area contributed by atoms with Crippen LogP contribution in [-0.4, -0.2) is 20.8 Å². The molecule has 0 bridgehead atoms. The van der Waals surface area contributed by atoms with Crippen LogP contribution in [0.5, 0.6) is 0 Å². The average Bonchev–Trinajstić information content (AvgIpc) is 3.16. The number of benzene rings is 2. The van der Waals surface area contributed by atoms with Crippen LogP contribution < -0.4 is 5.32 Å². The first-order chi connectivity index (χ1) is 13.1. The van der Waals surface area contributed by atoms with Gasteiger partial charge in [0.2, 0.25) is 0 Å². The van der Waals surface area contributed by atoms with Gasteiger partial charge in [0.15, 0.2) is 5.13 Å². The van der Waals surface area contributed by atoms with Crippen LogP contribution in [-0.2, 0) is 0 Å². The molecule has 0 aliphatic carbocycles. The summed E-state index contributed by atoms with van der Waals surface area (Å²) >= 11 is 0.812. The maximum Gasteiger partial charge on any atom is 0.345 e. The van der Waals surface area contributed by atoms with E-state index in [2.05, 4.69) is 15.3 Å². The van der Waals surface area contributed by atoms with Crippen molar-refractivity contribution in [1.82, 2.24) is 9.97 Å². The third-order valence-corrected chi connectivity index (χ3v) is 4.79. The number of carbonyl (C=O) groups is 1. The van der Waals surface area contributed by atoms with Gasteiger partial charge in [-0.15, -0.1) is 0 Å². The number of rotatable bonds is 4. The molecule has 0 saturated heterocycles. The van der Waals surface area contributed by atoms with Crippen molar-refractivity contribution in [3.63, 3.8) is 0 Å². The lowest BCUT2D eigenvalue weighted by molar-refractivity contribution is -0.380. The second-order valence-electron chi connectivity index (χ2n) is 5.65. The lowest BCUT2D eigenvalue weighted by atomic mass is 10.0. The van der Waals surface area contributed by atoms with Crippen LogP contribution in [0.15, 0.2) is 66.9 Å². The molecule has 27 heavy (non-hydrogen) atoms. The first-order valence-corrected chi connectivity index (χ1v) is 8.80. The minimum atomic E-state index is -0.539. The summed E-state index contributed by atoms with van der Waals surface area (Å²) in [5.41, 5.74) is 2.68. The number of hydrogen-bond donors (Lipinski definition) is 1. The van der Waals surface area contributed by atoms with Gasteiger partial charge in [-0.3, -0.25) is 20.2 Å². The lowest BCUT2D eigenvalue weighted by Gasteiger charge is -2.09. The van der Waals surface area contributed by atoms with Crippen molar-refractivity contribution in [2.24, 2.45) is 0 Å². The van der Waals surface area contributed by atoms with Crippen molar-refractivity contribution in [1.29, 1.82) is 0 Å². The molecule has 0 unspecified atom stereocenters. The molecular weight excluding hydrogens is 364 g/mol. The Bertz CT molecular complexity index is 1160. The number of nitrogens with zero attached hydrogens (tertiary/aromatic N) is 3. The molecule has 1 N–H and O–H groups in total. The number of thiazole rings is 1. The summed E-state index contributed by atoms with van der Waals surface area (Å²) in [6.45, 7) is 0. The third kappa shape index (κ3) is 3.38. The molecule has 7 nitrogen and oxygen atoms in total. The summed E-state index contributed by atoms with van der Waals surface area (Å²) in [5.74, 6) is -0.393. The first kappa shape index (κ1) is 16.8. The Morgan fingerprint density at radius 1 is 1.07 bits per heavy atom. The van der Waals surface area contributed by atoms with E-state index in [0.717, 1.165) is 23.1 Å². The molecule has 0 fully saturated rings. The third-order valence-electron chi connectivity index (χ3n) is 3.92. The van der Waals surface area contributed by atoms with Crippen LogP contribution in [0.4, 0.5) is 10.1 Å². The largest absolute Gasteiger partial charge is 0.345 e. The van der Waals surface area contributed by atoms with Crippen LogP contribution in [0.25, 0.3) is 22.2 Å². The zero-order valence-electron chi connectivity index (χ0n) is 13.8. The van der Waals surface area contributed by atoms with E-state index in [1.807, 2.05) is 54.6 Å². The summed E-state index contributed by atoms with van der Waals surface area (Å²) in [7, 11) is 0. The molecule has 2 aromatic heterocycles. The van der Waals surface area contributed by atoms with E-state index >= 15 is 0 Å². The number of nitrogens with one attached hydrogen (secondary N) is 1. The zero-order valence-corrected chi connectivity index (χ0v) is 14.6. The topological polar surface area (TPSA) is 98.0 Å². The van der Waals surface area contributed by atoms with Crippen LogP contribution in [0, 0.1) is 10.1 Å². The Balaban J connectivity index is 1.77. The molecule has 0 atom stereocenters. The summed E-state index contributed by atoms with van der Waals surface area (Å²) in [6, 6.07) is 18.6. The van der Waals surface area contributed by atoms with Crippen molar-refractivity contribution >= 4 is 38.3 Å². The van der Waals surface area contributed by atoms with E-state index < -0.39 is 10.8 Å². The van der Waals surface area contributed by atoms with Gasteiger partial charge in [-0.05, 0) is 23.5 Å². The Morgan fingerprint density at radius 2 is 1.81 bits per heavy atom. The van der Waals surface area contributed by atoms with Gasteiger partial charge in [0.25, 0.3) is 5.91 Å². The standard InChI is InChI=1S/C19H12N4O3S/c24-18(22-19-20-11-17(27-19)23(25)26)14-10-16(12-6-2-1-3-7-12)21-15-9-5-4-8-13(14)15/h1-11H,(H,20,22,24). The van der Waals surface area contributed by atoms with Crippen molar-refractivity contribution < 1.29 is 9.72 Å². The zero-order chi connectivity index (χ0) is 18.8. The van der Waals surface area contributed by atoms with Gasteiger partial charge >= 0.3 is 5.00 Å². The quantitative estimate of drug-likeness (QED) is 0.417. The SMILES string of the molecule is O=C(Nc1ncc([N+](=O)[O-])s1)c1cc(-c2ccccc2)nc2ccccc12. The van der Waals surface area contributed by atoms with Crippen LogP contribution >= 0.6 is 11.3 Å². The lowest BCUT2D eigenvalue weighted by Crippen LogP contribution is -2.12. The van der Waals surface area contributed by atoms with Crippen molar-refractivity contribution in [2.75, 3.05) is 5.32 Å². The van der Waals surface area contributed by atoms with Gasteiger partial charge in [-0.25, -0.2) is 9.97 Å². The fraction of sp³-hybridized carbons (Fsp3) is 0. The van der Waals surface area contributed by atoms with Gasteiger partial charge in [0.1, 0.15) is 6.20 Å². The summed E-state index contributed by atoms with van der Waals surface area (Å²) in [5, 5.41) is 14.2. The van der Waals surface area contributed by atoms with E-state index in [1.54, 1.807) is 6.07 Å². The number of hydrogen-bond acceptors (Lipinski definition) is 6. The highest BCUT2D eigenvalue weighted by Crippen LogP contribution is 2.28. The Labute approximate surface area is 157 Å². The number of anilines is 1. The molecule has 0 saturated carbocycles. The van der Waals surface area contributed by atoms with Gasteiger partial charge in [0.05, 0.1) is 21.7 Å². The predicted octanol–water partition coefficient (Wildman–Crippen LogP) is 4.52. The molecule has 8 heteroatoms. The Kier molecular flexibility index (Phi) is 4.31. The van der Waals surface area contributed by atoms with E-state index in [1.165, 1.54) is 0 Å². The van der Waals surface area contributed by atoms with Crippen LogP contribution in [0.1, 0.15) is 10.4 Å². The van der Waals surface area contributed by atoms with Crippen molar-refractivity contribution in [2.45, 2.75) is 0 Å². The normalized spacial score (nSPS) is 10.7. The average molecular weight is 376 g/mol. The van der Waals surface area contributed by atoms with E-state index in [0.29, 0.717) is 22.2 Å². The molecule has 2 aromatic carbocycles. The van der Waals surface area contributed by atoms with E-state index in [9.17, 15) is 14.9 Å². The molecule has 4 aromatic rings. The fourth-order valence-electron chi connectivity index (χ4n) is 2.69. The highest BCUT2D eigenvalue weighted by molar-refractivity contribution is 7.18. The number of pyridine rings is 1. The van der Waals surface area contributed by atoms with E-state index in [-0.39, 0.29) is 10.1 Å². The number of fused-ring (bicyclic) bond motifs is 1. The second kappa shape index (κ2) is 6.93. The monoisotopic (exact) mass is 376 g/mol. The molecule has 0 aliphatic heterocycles. The number of nitro groups is 1. The van der Waals surface area contributed by atoms with Gasteiger partial charge in [-0.2, -0.15) is 0 Å². The van der Waals surface area contributed by atoms with E-state index in [4.69, 9.17) is 0 Å². The number of aromatic nitrogens is 2. The highest BCUT2D eigenvalue weighted by atomic mass is 32.1. The number of para-hydroxylation sites is 1. The first-order valence-electron chi connectivity index (χ1n) is 7.98. The molecular formula is C19H12N4O3S. The Morgan fingerprint density at radius 3 is 2.56 bits per heavy atom.